The summed E-state index contributed by atoms with van der Waals surface area (Å²) in [6, 6.07) is 18.2. The van der Waals surface area contributed by atoms with Crippen molar-refractivity contribution in [2.24, 2.45) is 0 Å². The third kappa shape index (κ3) is 4.21. The van der Waals surface area contributed by atoms with Crippen molar-refractivity contribution in [2.45, 2.75) is 6.61 Å². The average molecular weight is 354 g/mol. The van der Waals surface area contributed by atoms with E-state index in [-0.39, 0.29) is 16.6 Å². The molecule has 0 spiro atoms. The maximum Gasteiger partial charge on any atom is 0.413 e. The zero-order valence-electron chi connectivity index (χ0n) is 13.0. The summed E-state index contributed by atoms with van der Waals surface area (Å²) in [5.41, 5.74) is 1.84. The maximum absolute atomic E-state index is 11.9. The van der Waals surface area contributed by atoms with Gasteiger partial charge in [0.15, 0.2) is 5.13 Å². The van der Waals surface area contributed by atoms with Crippen LogP contribution in [0, 0.1) is 0 Å². The van der Waals surface area contributed by atoms with Gasteiger partial charge in [-0.2, -0.15) is 0 Å². The molecule has 25 heavy (non-hydrogen) atoms. The molecule has 0 saturated heterocycles. The van der Waals surface area contributed by atoms with Gasteiger partial charge in [-0.15, -0.1) is 0 Å². The number of hydrogen-bond donors (Lipinski definition) is 2. The van der Waals surface area contributed by atoms with E-state index in [4.69, 9.17) is 4.74 Å². The van der Waals surface area contributed by atoms with E-state index in [1.54, 1.807) is 24.3 Å². The Morgan fingerprint density at radius 3 is 2.32 bits per heavy atom. The lowest BCUT2D eigenvalue weighted by Gasteiger charge is -2.04. The first-order valence-electron chi connectivity index (χ1n) is 7.41. The van der Waals surface area contributed by atoms with Gasteiger partial charge in [-0.1, -0.05) is 72.0 Å². The Kier molecular flexibility index (Phi) is 5.06. The van der Waals surface area contributed by atoms with Gasteiger partial charge >= 0.3 is 12.1 Å². The van der Waals surface area contributed by atoms with Gasteiger partial charge in [-0.3, -0.25) is 5.32 Å². The number of aromatic nitrogens is 1. The summed E-state index contributed by atoms with van der Waals surface area (Å²) < 4.78 is 5.12. The van der Waals surface area contributed by atoms with Crippen molar-refractivity contribution in [2.75, 3.05) is 5.32 Å². The Hall–Kier alpha value is -3.19. The minimum Gasteiger partial charge on any atom is -0.477 e. The number of anilines is 1. The third-order valence-corrected chi connectivity index (χ3v) is 4.25. The minimum absolute atomic E-state index is 0.0598. The summed E-state index contributed by atoms with van der Waals surface area (Å²) in [6.07, 6.45) is -0.686. The lowest BCUT2D eigenvalue weighted by atomic mass is 10.1. The van der Waals surface area contributed by atoms with Gasteiger partial charge < -0.3 is 9.84 Å². The molecular weight excluding hydrogens is 340 g/mol. The molecule has 3 rings (SSSR count). The Morgan fingerprint density at radius 2 is 1.68 bits per heavy atom. The zero-order valence-corrected chi connectivity index (χ0v) is 13.8. The van der Waals surface area contributed by atoms with Gasteiger partial charge in [0, 0.05) is 5.56 Å². The number of carboxylic acid groups (broad SMARTS) is 1. The van der Waals surface area contributed by atoms with E-state index in [9.17, 15) is 14.7 Å². The molecule has 2 aromatic carbocycles. The molecule has 3 aromatic rings. The Balaban J connectivity index is 1.72. The molecule has 0 fully saturated rings. The molecule has 126 valence electrons. The smallest absolute Gasteiger partial charge is 0.413 e. The van der Waals surface area contributed by atoms with Crippen LogP contribution in [0.15, 0.2) is 60.7 Å². The quantitative estimate of drug-likeness (QED) is 0.715. The van der Waals surface area contributed by atoms with Crippen LogP contribution in [-0.2, 0) is 11.3 Å². The van der Waals surface area contributed by atoms with Crippen molar-refractivity contribution >= 4 is 28.5 Å². The minimum atomic E-state index is -1.10. The summed E-state index contributed by atoms with van der Waals surface area (Å²) in [6.45, 7) is 0.120. The number of aromatic carboxylic acids is 1. The van der Waals surface area contributed by atoms with E-state index >= 15 is 0 Å². The Labute approximate surface area is 147 Å². The van der Waals surface area contributed by atoms with E-state index in [0.29, 0.717) is 11.3 Å². The number of rotatable bonds is 5. The SMILES string of the molecule is O=C(Nc1nc(-c2ccccc2)c(C(=O)O)s1)OCc1ccccc1. The molecule has 0 saturated carbocycles. The van der Waals surface area contributed by atoms with Crippen LogP contribution in [0.1, 0.15) is 15.2 Å². The number of nitrogens with zero attached hydrogens (tertiary/aromatic N) is 1. The first-order chi connectivity index (χ1) is 12.1. The summed E-state index contributed by atoms with van der Waals surface area (Å²) in [5.74, 6) is -1.10. The van der Waals surface area contributed by atoms with Gasteiger partial charge in [0.05, 0.1) is 5.69 Å². The molecule has 0 aliphatic heterocycles. The van der Waals surface area contributed by atoms with Crippen molar-refractivity contribution in [3.05, 3.63) is 71.1 Å². The fourth-order valence-electron chi connectivity index (χ4n) is 2.16. The highest BCUT2D eigenvalue weighted by atomic mass is 32.1. The van der Waals surface area contributed by atoms with Crippen LogP contribution < -0.4 is 5.32 Å². The monoisotopic (exact) mass is 354 g/mol. The average Bonchev–Trinajstić information content (AvgIpc) is 3.06. The predicted molar refractivity (Wildman–Crippen MR) is 94.8 cm³/mol. The Morgan fingerprint density at radius 1 is 1.04 bits per heavy atom. The number of carbonyl (C=O) groups excluding carboxylic acids is 1. The van der Waals surface area contributed by atoms with Crippen molar-refractivity contribution in [3.63, 3.8) is 0 Å². The molecule has 0 radical (unpaired) electrons. The first-order valence-corrected chi connectivity index (χ1v) is 8.22. The molecular formula is C18H14N2O4S. The van der Waals surface area contributed by atoms with Crippen molar-refractivity contribution < 1.29 is 19.4 Å². The van der Waals surface area contributed by atoms with Gasteiger partial charge in [-0.05, 0) is 5.56 Å². The Bertz CT molecular complexity index is 879. The molecule has 1 amide bonds. The fraction of sp³-hybridized carbons (Fsp3) is 0.0556. The van der Waals surface area contributed by atoms with Crippen LogP contribution in [0.25, 0.3) is 11.3 Å². The first kappa shape index (κ1) is 16.7. The van der Waals surface area contributed by atoms with Crippen LogP contribution in [0.3, 0.4) is 0 Å². The summed E-state index contributed by atoms with van der Waals surface area (Å²) >= 11 is 0.890. The molecule has 7 heteroatoms. The number of nitrogens with one attached hydrogen (secondary N) is 1. The number of amides is 1. The second-order valence-corrected chi connectivity index (χ2v) is 6.05. The lowest BCUT2D eigenvalue weighted by molar-refractivity contribution is 0.0702. The molecule has 0 aliphatic rings. The molecule has 2 N–H and O–H groups in total. The van der Waals surface area contributed by atoms with Crippen LogP contribution in [0.2, 0.25) is 0 Å². The van der Waals surface area contributed by atoms with Crippen LogP contribution in [0.5, 0.6) is 0 Å². The van der Waals surface area contributed by atoms with Gasteiger partial charge in [0.2, 0.25) is 0 Å². The highest BCUT2D eigenvalue weighted by molar-refractivity contribution is 7.18. The standard InChI is InChI=1S/C18H14N2O4S/c21-16(22)15-14(13-9-5-2-6-10-13)19-17(25-15)20-18(23)24-11-12-7-3-1-4-8-12/h1-10H,11H2,(H,21,22)(H,19,20,23). The fourth-order valence-corrected chi connectivity index (χ4v) is 2.97. The molecule has 6 nitrogen and oxygen atoms in total. The molecule has 1 aromatic heterocycles. The highest BCUT2D eigenvalue weighted by Gasteiger charge is 2.20. The highest BCUT2D eigenvalue weighted by Crippen LogP contribution is 2.31. The molecule has 0 bridgehead atoms. The predicted octanol–water partition coefficient (Wildman–Crippen LogP) is 4.26. The number of ether oxygens (including phenoxy) is 1. The second kappa shape index (κ2) is 7.59. The maximum atomic E-state index is 11.9. The van der Waals surface area contributed by atoms with E-state index in [1.807, 2.05) is 36.4 Å². The van der Waals surface area contributed by atoms with Crippen molar-refractivity contribution in [3.8, 4) is 11.3 Å². The largest absolute Gasteiger partial charge is 0.477 e. The van der Waals surface area contributed by atoms with E-state index < -0.39 is 12.1 Å². The van der Waals surface area contributed by atoms with Crippen molar-refractivity contribution in [1.29, 1.82) is 0 Å². The number of benzene rings is 2. The topological polar surface area (TPSA) is 88.5 Å². The van der Waals surface area contributed by atoms with Crippen LogP contribution >= 0.6 is 11.3 Å². The number of carbonyl (C=O) groups is 2. The van der Waals surface area contributed by atoms with E-state index in [1.165, 1.54) is 0 Å². The third-order valence-electron chi connectivity index (χ3n) is 3.29. The van der Waals surface area contributed by atoms with E-state index in [0.717, 1.165) is 16.9 Å². The lowest BCUT2D eigenvalue weighted by Crippen LogP contribution is -2.13. The second-order valence-electron chi connectivity index (χ2n) is 5.05. The zero-order chi connectivity index (χ0) is 17.6. The summed E-state index contributed by atoms with van der Waals surface area (Å²) in [5, 5.41) is 12.0. The van der Waals surface area contributed by atoms with Crippen LogP contribution in [0.4, 0.5) is 9.93 Å². The van der Waals surface area contributed by atoms with E-state index in [2.05, 4.69) is 10.3 Å². The van der Waals surface area contributed by atoms with Crippen LogP contribution in [-0.4, -0.2) is 22.2 Å². The molecule has 0 unspecified atom stereocenters. The molecule has 0 atom stereocenters. The summed E-state index contributed by atoms with van der Waals surface area (Å²) in [4.78, 5) is 27.6. The number of hydrogen-bond acceptors (Lipinski definition) is 5. The van der Waals surface area contributed by atoms with Gasteiger partial charge in [0.25, 0.3) is 0 Å². The number of carboxylic acids is 1. The molecule has 1 heterocycles. The van der Waals surface area contributed by atoms with Crippen molar-refractivity contribution in [1.82, 2.24) is 4.98 Å². The number of thiazole rings is 1. The van der Waals surface area contributed by atoms with Gasteiger partial charge in [0.1, 0.15) is 11.5 Å². The normalized spacial score (nSPS) is 10.2. The van der Waals surface area contributed by atoms with Gasteiger partial charge in [-0.25, -0.2) is 14.6 Å². The molecule has 0 aliphatic carbocycles. The summed E-state index contributed by atoms with van der Waals surface area (Å²) in [7, 11) is 0.